The molecule has 12 aliphatic carbocycles. The standard InChI is InChI=1S/2C27H41N3O4.C27H43N3O3/c1-17(31)23-14-30(29-28-23)15-24(32)22-8-7-20-19-6-5-18-13-25(2,33)11-12-27(18,16-34-4)21(19)9-10-26(20,22)3;1-17(31)23-14-28-30(29-23)15-24(32)22-8-7-20-19-6-5-18-13-25(2,33)11-12-27(18,16-34-4)21(19)9-10-26(20,22)3;1-5-19-15-28-30(29-19)16-24(31)23-9-8-21-20-7-6-18-14-25(2,32)12-13-27(18,17-33-4)22(20)10-11-26(21,23)3/h2*14,18-22,33H,5-13,15-16H2,1-4H3;15,18,20-23,32H,5-14,16-17H2,1-4H3/t2*18-,19-,20-,21-,22+,25+,26-,27+;18-,20-,21-,22-,23+,25+,26-,27+/m000/s1. The molecule has 0 aliphatic heterocycles. The van der Waals surface area contributed by atoms with Gasteiger partial charge in [-0.2, -0.15) is 24.9 Å². The summed E-state index contributed by atoms with van der Waals surface area (Å²) in [6.07, 6.45) is 34.5. The van der Waals surface area contributed by atoms with Crippen LogP contribution in [-0.4, -0.2) is 147 Å². The Bertz CT molecular complexity index is 3350. The first-order valence-electron chi connectivity index (χ1n) is 39.8. The SMILES string of the molecule is CCc1cnn(CC(=O)[C@H]2CC[C@H]3[C@@H]4CC[C@H]5C[C@](C)(O)CC[C@]5(COC)[C@H]4CC[C@]23C)n1.COC[C@]12CC[C@@](C)(O)C[C@@H]1CC[C@H]1[C@@H]3CC[C@H](C(=O)Cn4cc(C(C)=O)nn4)[C@@]3(C)CC[C@@H]12.COC[C@]12CC[C@@](C)(O)C[C@@H]1CC[C@H]1[C@@H]3CC[C@H](C(=O)Cn4ncc(C(C)=O)n4)[C@@]3(C)CC[C@@H]12. The monoisotopic (exact) mass is 1400 g/mol. The number of methoxy groups -OCH3 is 3. The highest BCUT2D eigenvalue weighted by Crippen LogP contribution is 2.72. The van der Waals surface area contributed by atoms with Gasteiger partial charge in [-0.25, -0.2) is 4.68 Å². The van der Waals surface area contributed by atoms with Crippen molar-refractivity contribution in [3.8, 4) is 0 Å². The van der Waals surface area contributed by atoms with Crippen molar-refractivity contribution >= 4 is 28.9 Å². The number of aliphatic hydroxyl groups is 3. The predicted octanol–water partition coefficient (Wildman–Crippen LogP) is 12.6. The molecule has 12 saturated carbocycles. The molecule has 24 atom stereocenters. The summed E-state index contributed by atoms with van der Waals surface area (Å²) in [7, 11) is 5.52. The van der Waals surface area contributed by atoms with Gasteiger partial charge >= 0.3 is 0 Å². The molecule has 3 N–H and O–H groups in total. The van der Waals surface area contributed by atoms with E-state index in [9.17, 15) is 39.3 Å². The van der Waals surface area contributed by atoms with Gasteiger partial charge in [-0.05, 0) is 304 Å². The molecule has 3 aromatic heterocycles. The van der Waals surface area contributed by atoms with E-state index < -0.39 is 16.8 Å². The summed E-state index contributed by atoms with van der Waals surface area (Å²) in [5, 5.41) is 57.5. The van der Waals surface area contributed by atoms with Gasteiger partial charge < -0.3 is 29.5 Å². The Morgan fingerprint density at radius 1 is 0.446 bits per heavy atom. The van der Waals surface area contributed by atoms with Crippen molar-refractivity contribution in [3.63, 3.8) is 0 Å². The van der Waals surface area contributed by atoms with E-state index in [1.807, 2.05) is 42.1 Å². The van der Waals surface area contributed by atoms with Crippen molar-refractivity contribution in [2.24, 2.45) is 121 Å². The number of fused-ring (bicyclic) bond motifs is 15. The minimum Gasteiger partial charge on any atom is -0.390 e. The predicted molar refractivity (Wildman–Crippen MR) is 381 cm³/mol. The van der Waals surface area contributed by atoms with E-state index in [0.717, 1.165) is 160 Å². The maximum Gasteiger partial charge on any atom is 0.181 e. The normalized spacial score (nSPS) is 44.0. The molecule has 12 aliphatic rings. The second-order valence-corrected chi connectivity index (χ2v) is 37.4. The molecule has 0 saturated heterocycles. The van der Waals surface area contributed by atoms with Gasteiger partial charge in [-0.3, -0.25) is 24.0 Å². The van der Waals surface area contributed by atoms with Gasteiger partial charge in [0.15, 0.2) is 28.9 Å². The number of nitrogens with zero attached hydrogens (tertiary/aromatic N) is 9. The number of ketones is 5. The molecule has 0 radical (unpaired) electrons. The van der Waals surface area contributed by atoms with Crippen LogP contribution >= 0.6 is 0 Å². The third-order valence-corrected chi connectivity index (χ3v) is 32.0. The first-order chi connectivity index (χ1) is 47.9. The summed E-state index contributed by atoms with van der Waals surface area (Å²) >= 11 is 0. The summed E-state index contributed by atoms with van der Waals surface area (Å²) in [6.45, 7) is 21.3. The zero-order valence-electron chi connectivity index (χ0n) is 63.6. The molecule has 20 nitrogen and oxygen atoms in total. The molecule has 3 aromatic rings. The molecule has 0 unspecified atom stereocenters. The van der Waals surface area contributed by atoms with E-state index in [2.05, 4.69) is 58.4 Å². The lowest BCUT2D eigenvalue weighted by Crippen LogP contribution is -2.58. The Morgan fingerprint density at radius 2 is 0.812 bits per heavy atom. The van der Waals surface area contributed by atoms with E-state index in [1.54, 1.807) is 17.2 Å². The fraction of sp³-hybridized carbons (Fsp3) is 0.864. The third kappa shape index (κ3) is 13.5. The second kappa shape index (κ2) is 28.3. The molecular formula is C81H125N9O11. The van der Waals surface area contributed by atoms with Gasteiger partial charge in [0.1, 0.15) is 31.0 Å². The Morgan fingerprint density at radius 3 is 1.15 bits per heavy atom. The van der Waals surface area contributed by atoms with Gasteiger partial charge in [0, 0.05) is 52.9 Å². The number of hydrogen-bond acceptors (Lipinski definition) is 17. The van der Waals surface area contributed by atoms with Crippen LogP contribution in [0.2, 0.25) is 0 Å². The molecule has 15 rings (SSSR count). The molecule has 0 bridgehead atoms. The highest BCUT2D eigenvalue weighted by atomic mass is 16.5. The molecule has 560 valence electrons. The lowest BCUT2D eigenvalue weighted by Gasteiger charge is -2.62. The van der Waals surface area contributed by atoms with Gasteiger partial charge in [0.25, 0.3) is 0 Å². The number of hydrogen-bond donors (Lipinski definition) is 3. The van der Waals surface area contributed by atoms with Crippen molar-refractivity contribution in [1.29, 1.82) is 0 Å². The van der Waals surface area contributed by atoms with E-state index in [4.69, 9.17) is 14.2 Å². The second-order valence-electron chi connectivity index (χ2n) is 37.4. The Kier molecular flexibility index (Phi) is 21.0. The van der Waals surface area contributed by atoms with E-state index in [1.165, 1.54) is 74.5 Å². The number of carbonyl (C=O) groups excluding carboxylic acids is 5. The Balaban J connectivity index is 0.000000135. The maximum atomic E-state index is 13.5. The van der Waals surface area contributed by atoms with E-state index >= 15 is 0 Å². The van der Waals surface area contributed by atoms with Crippen LogP contribution in [0.15, 0.2) is 18.6 Å². The quantitative estimate of drug-likeness (QED) is 0.0999. The van der Waals surface area contributed by atoms with Crippen LogP contribution in [-0.2, 0) is 54.6 Å². The highest BCUT2D eigenvalue weighted by Gasteiger charge is 2.67. The van der Waals surface area contributed by atoms with Gasteiger partial charge in [0.05, 0.1) is 60.9 Å². The molecule has 0 spiro atoms. The molecule has 20 heteroatoms. The first-order valence-corrected chi connectivity index (χ1v) is 39.8. The maximum absolute atomic E-state index is 13.5. The molecule has 12 fully saturated rings. The summed E-state index contributed by atoms with van der Waals surface area (Å²) in [5.74, 6) is 7.98. The number of aryl methyl sites for hydroxylation is 1. The number of carbonyl (C=O) groups is 5. The molecular weight excluding hydrogens is 1270 g/mol. The van der Waals surface area contributed by atoms with Crippen LogP contribution < -0.4 is 0 Å². The zero-order chi connectivity index (χ0) is 72.0. The van der Waals surface area contributed by atoms with Crippen LogP contribution in [0, 0.1) is 121 Å². The summed E-state index contributed by atoms with van der Waals surface area (Å²) < 4.78 is 19.1. The van der Waals surface area contributed by atoms with Crippen molar-refractivity contribution in [3.05, 3.63) is 35.7 Å². The minimum absolute atomic E-state index is 0.0239. The lowest BCUT2D eigenvalue weighted by atomic mass is 9.43. The largest absolute Gasteiger partial charge is 0.390 e. The van der Waals surface area contributed by atoms with Crippen LogP contribution in [0.1, 0.15) is 262 Å². The minimum atomic E-state index is -0.550. The number of ether oxygens (including phenoxy) is 3. The average molecular weight is 1400 g/mol. The van der Waals surface area contributed by atoms with Crippen molar-refractivity contribution in [1.82, 2.24) is 45.0 Å². The smallest absolute Gasteiger partial charge is 0.181 e. The Labute approximate surface area is 601 Å². The summed E-state index contributed by atoms with van der Waals surface area (Å²) in [6, 6.07) is 0. The van der Waals surface area contributed by atoms with E-state index in [-0.39, 0.29) is 86.5 Å². The molecule has 0 aromatic carbocycles. The third-order valence-electron chi connectivity index (χ3n) is 32.0. The van der Waals surface area contributed by atoms with Gasteiger partial charge in [-0.1, -0.05) is 32.9 Å². The van der Waals surface area contributed by atoms with Crippen LogP contribution in [0.4, 0.5) is 0 Å². The van der Waals surface area contributed by atoms with Gasteiger partial charge in [0.2, 0.25) is 0 Å². The summed E-state index contributed by atoms with van der Waals surface area (Å²) in [5.41, 5.74) is 0.660. The van der Waals surface area contributed by atoms with E-state index in [0.29, 0.717) is 94.7 Å². The van der Waals surface area contributed by atoms with Crippen molar-refractivity contribution in [2.75, 3.05) is 41.2 Å². The first kappa shape index (κ1) is 74.8. The topological polar surface area (TPSA) is 266 Å². The fourth-order valence-electron chi connectivity index (χ4n) is 27.3. The lowest BCUT2D eigenvalue weighted by molar-refractivity contribution is -0.175. The molecule has 3 heterocycles. The highest BCUT2D eigenvalue weighted by molar-refractivity contribution is 5.92. The zero-order valence-corrected chi connectivity index (χ0v) is 63.6. The average Bonchev–Trinajstić information content (AvgIpc) is 1.71. The molecule has 0 amide bonds. The van der Waals surface area contributed by atoms with Crippen molar-refractivity contribution in [2.45, 2.75) is 279 Å². The van der Waals surface area contributed by atoms with Crippen LogP contribution in [0.5, 0.6) is 0 Å². The van der Waals surface area contributed by atoms with Crippen molar-refractivity contribution < 1.29 is 53.5 Å². The Hall–Kier alpha value is -4.47. The van der Waals surface area contributed by atoms with Crippen LogP contribution in [0.3, 0.4) is 0 Å². The number of Topliss-reactive ketones (excluding diaryl/α,β-unsaturated/α-hetero) is 5. The number of aromatic nitrogens is 9. The number of rotatable bonds is 18. The fourth-order valence-corrected chi connectivity index (χ4v) is 27.3. The molecule has 101 heavy (non-hydrogen) atoms. The van der Waals surface area contributed by atoms with Gasteiger partial charge in [-0.15, -0.1) is 10.2 Å². The van der Waals surface area contributed by atoms with Crippen LogP contribution in [0.25, 0.3) is 0 Å². The summed E-state index contributed by atoms with van der Waals surface area (Å²) in [4.78, 5) is 66.5.